The first-order valence-electron chi connectivity index (χ1n) is 6.21. The molecule has 0 aliphatic rings. The third-order valence-electron chi connectivity index (χ3n) is 2.58. The average molecular weight is 237 g/mol. The monoisotopic (exact) mass is 237 g/mol. The molecular formula is C13H23N3O. The van der Waals surface area contributed by atoms with Crippen molar-refractivity contribution in [2.45, 2.75) is 46.6 Å². The smallest absolute Gasteiger partial charge is 0.159 e. The molecule has 17 heavy (non-hydrogen) atoms. The molecule has 96 valence electrons. The summed E-state index contributed by atoms with van der Waals surface area (Å²) in [5, 5.41) is 0. The van der Waals surface area contributed by atoms with Gasteiger partial charge in [-0.25, -0.2) is 9.97 Å². The number of rotatable bonds is 5. The van der Waals surface area contributed by atoms with Crippen molar-refractivity contribution in [3.63, 3.8) is 0 Å². The number of aromatic nitrogens is 2. The van der Waals surface area contributed by atoms with E-state index in [9.17, 15) is 0 Å². The highest BCUT2D eigenvalue weighted by atomic mass is 16.5. The fraction of sp³-hybridized carbons (Fsp3) is 0.692. The van der Waals surface area contributed by atoms with Crippen LogP contribution in [-0.4, -0.2) is 16.6 Å². The number of nitrogens with zero attached hydrogens (tertiary/aromatic N) is 2. The fourth-order valence-corrected chi connectivity index (χ4v) is 1.67. The number of nitrogen functional groups attached to an aromatic ring is 1. The third kappa shape index (κ3) is 3.66. The Morgan fingerprint density at radius 3 is 2.35 bits per heavy atom. The summed E-state index contributed by atoms with van der Waals surface area (Å²) in [6.07, 6.45) is -0.0824. The lowest BCUT2D eigenvalue weighted by Gasteiger charge is -2.20. The van der Waals surface area contributed by atoms with Crippen molar-refractivity contribution in [2.75, 3.05) is 12.3 Å². The number of ether oxygens (including phenoxy) is 1. The van der Waals surface area contributed by atoms with Gasteiger partial charge in [0.25, 0.3) is 0 Å². The minimum Gasteiger partial charge on any atom is -0.384 e. The minimum absolute atomic E-state index is 0.0824. The molecule has 1 unspecified atom stereocenters. The lowest BCUT2D eigenvalue weighted by molar-refractivity contribution is 0.0231. The summed E-state index contributed by atoms with van der Waals surface area (Å²) in [7, 11) is 0. The Labute approximate surface area is 104 Å². The Morgan fingerprint density at radius 1 is 1.24 bits per heavy atom. The molecule has 1 heterocycles. The Morgan fingerprint density at radius 2 is 1.88 bits per heavy atom. The number of hydrogen-bond donors (Lipinski definition) is 1. The summed E-state index contributed by atoms with van der Waals surface area (Å²) in [6, 6.07) is 1.83. The van der Waals surface area contributed by atoms with Crippen LogP contribution in [0.2, 0.25) is 0 Å². The average Bonchev–Trinajstić information content (AvgIpc) is 2.24. The van der Waals surface area contributed by atoms with Crippen molar-refractivity contribution in [1.29, 1.82) is 0 Å². The van der Waals surface area contributed by atoms with Gasteiger partial charge in [-0.05, 0) is 18.8 Å². The van der Waals surface area contributed by atoms with Crippen LogP contribution in [0.3, 0.4) is 0 Å². The molecule has 1 rings (SSSR count). The normalized spacial score (nSPS) is 13.4. The van der Waals surface area contributed by atoms with Crippen molar-refractivity contribution < 1.29 is 4.74 Å². The molecule has 0 radical (unpaired) electrons. The van der Waals surface area contributed by atoms with Crippen LogP contribution >= 0.6 is 0 Å². The summed E-state index contributed by atoms with van der Waals surface area (Å²) in [5.41, 5.74) is 6.79. The van der Waals surface area contributed by atoms with Gasteiger partial charge in [-0.15, -0.1) is 0 Å². The van der Waals surface area contributed by atoms with Gasteiger partial charge in [0, 0.05) is 18.4 Å². The number of anilines is 1. The van der Waals surface area contributed by atoms with Crippen molar-refractivity contribution in [3.8, 4) is 0 Å². The van der Waals surface area contributed by atoms with Gasteiger partial charge in [-0.3, -0.25) is 0 Å². The van der Waals surface area contributed by atoms with E-state index in [0.29, 0.717) is 30.1 Å². The lowest BCUT2D eigenvalue weighted by atomic mass is 10.1. The molecule has 2 N–H and O–H groups in total. The van der Waals surface area contributed by atoms with Crippen LogP contribution in [0, 0.1) is 5.92 Å². The predicted molar refractivity (Wildman–Crippen MR) is 69.7 cm³/mol. The minimum atomic E-state index is -0.0824. The van der Waals surface area contributed by atoms with Gasteiger partial charge in [0.15, 0.2) is 5.82 Å². The molecule has 1 atom stereocenters. The summed E-state index contributed by atoms with van der Waals surface area (Å²) >= 11 is 0. The van der Waals surface area contributed by atoms with Crippen molar-refractivity contribution in [1.82, 2.24) is 9.97 Å². The van der Waals surface area contributed by atoms with Gasteiger partial charge < -0.3 is 10.5 Å². The Kier molecular flexibility index (Phi) is 4.87. The zero-order valence-corrected chi connectivity index (χ0v) is 11.4. The summed E-state index contributed by atoms with van der Waals surface area (Å²) in [6.45, 7) is 11.0. The lowest BCUT2D eigenvalue weighted by Crippen LogP contribution is -2.16. The highest BCUT2D eigenvalue weighted by Crippen LogP contribution is 2.25. The molecule has 0 aromatic carbocycles. The fourth-order valence-electron chi connectivity index (χ4n) is 1.67. The second-order valence-corrected chi connectivity index (χ2v) is 4.85. The van der Waals surface area contributed by atoms with Crippen LogP contribution in [0.25, 0.3) is 0 Å². The molecule has 0 fully saturated rings. The third-order valence-corrected chi connectivity index (χ3v) is 2.58. The van der Waals surface area contributed by atoms with E-state index in [1.54, 1.807) is 0 Å². The molecule has 0 spiro atoms. The van der Waals surface area contributed by atoms with Crippen LogP contribution in [0.4, 0.5) is 5.82 Å². The molecular weight excluding hydrogens is 214 g/mol. The molecule has 0 aliphatic heterocycles. The number of nitrogens with two attached hydrogens (primary N) is 1. The van der Waals surface area contributed by atoms with E-state index in [-0.39, 0.29) is 6.10 Å². The first kappa shape index (κ1) is 13.9. The van der Waals surface area contributed by atoms with Crippen LogP contribution in [0.15, 0.2) is 6.07 Å². The Hall–Kier alpha value is -1.16. The quantitative estimate of drug-likeness (QED) is 0.855. The molecule has 0 saturated carbocycles. The maximum Gasteiger partial charge on any atom is 0.159 e. The van der Waals surface area contributed by atoms with Crippen LogP contribution in [0.5, 0.6) is 0 Å². The van der Waals surface area contributed by atoms with Gasteiger partial charge in [0.1, 0.15) is 11.9 Å². The van der Waals surface area contributed by atoms with Gasteiger partial charge in [-0.1, -0.05) is 27.7 Å². The first-order valence-corrected chi connectivity index (χ1v) is 6.21. The zero-order chi connectivity index (χ0) is 13.0. The van der Waals surface area contributed by atoms with Crippen LogP contribution in [0.1, 0.15) is 58.2 Å². The molecule has 1 aromatic rings. The molecule has 0 saturated heterocycles. The van der Waals surface area contributed by atoms with E-state index in [4.69, 9.17) is 10.5 Å². The van der Waals surface area contributed by atoms with Gasteiger partial charge in [-0.2, -0.15) is 0 Å². The van der Waals surface area contributed by atoms with E-state index in [1.807, 2.05) is 13.0 Å². The van der Waals surface area contributed by atoms with Crippen molar-refractivity contribution in [2.24, 2.45) is 5.92 Å². The number of hydrogen-bond acceptors (Lipinski definition) is 4. The van der Waals surface area contributed by atoms with Gasteiger partial charge in [0.2, 0.25) is 0 Å². The second-order valence-electron chi connectivity index (χ2n) is 4.85. The van der Waals surface area contributed by atoms with Crippen molar-refractivity contribution >= 4 is 5.82 Å². The van der Waals surface area contributed by atoms with Crippen LogP contribution in [-0.2, 0) is 4.74 Å². The summed E-state index contributed by atoms with van der Waals surface area (Å²) < 4.78 is 5.70. The predicted octanol–water partition coefficient (Wildman–Crippen LogP) is 2.92. The van der Waals surface area contributed by atoms with Crippen LogP contribution < -0.4 is 5.73 Å². The van der Waals surface area contributed by atoms with E-state index in [1.165, 1.54) is 0 Å². The standard InChI is InChI=1S/C13H23N3O/c1-6-17-12(9(4)5)13-15-10(8(2)3)7-11(14)16-13/h7-9,12H,6H2,1-5H3,(H2,14,15,16). The molecule has 0 amide bonds. The topological polar surface area (TPSA) is 61.0 Å². The summed E-state index contributed by atoms with van der Waals surface area (Å²) in [5.74, 6) is 1.89. The van der Waals surface area contributed by atoms with E-state index < -0.39 is 0 Å². The molecule has 4 nitrogen and oxygen atoms in total. The maximum atomic E-state index is 5.82. The van der Waals surface area contributed by atoms with Gasteiger partial charge >= 0.3 is 0 Å². The largest absolute Gasteiger partial charge is 0.384 e. The maximum absolute atomic E-state index is 5.82. The second kappa shape index (κ2) is 5.96. The van der Waals surface area contributed by atoms with Crippen molar-refractivity contribution in [3.05, 3.63) is 17.6 Å². The highest BCUT2D eigenvalue weighted by molar-refractivity contribution is 5.31. The molecule has 0 bridgehead atoms. The Bertz CT molecular complexity index is 364. The van der Waals surface area contributed by atoms with E-state index >= 15 is 0 Å². The summed E-state index contributed by atoms with van der Waals surface area (Å²) in [4.78, 5) is 8.86. The Balaban J connectivity index is 3.10. The first-order chi connectivity index (χ1) is 7.95. The molecule has 4 heteroatoms. The van der Waals surface area contributed by atoms with E-state index in [2.05, 4.69) is 37.7 Å². The zero-order valence-electron chi connectivity index (χ0n) is 11.4. The van der Waals surface area contributed by atoms with E-state index in [0.717, 1.165) is 5.69 Å². The molecule has 0 aliphatic carbocycles. The SMILES string of the molecule is CCOC(c1nc(N)cc(C(C)C)n1)C(C)C. The van der Waals surface area contributed by atoms with Gasteiger partial charge in [0.05, 0.1) is 0 Å². The highest BCUT2D eigenvalue weighted by Gasteiger charge is 2.20. The molecule has 1 aromatic heterocycles.